The van der Waals surface area contributed by atoms with Crippen molar-refractivity contribution in [2.45, 2.75) is 139 Å². The number of amides is 5. The molecule has 0 bridgehead atoms. The van der Waals surface area contributed by atoms with Gasteiger partial charge in [0, 0.05) is 115 Å². The molecule has 3 saturated heterocycles. The summed E-state index contributed by atoms with van der Waals surface area (Å²) in [5, 5.41) is 20.0. The van der Waals surface area contributed by atoms with Gasteiger partial charge >= 0.3 is 5.65 Å². The third-order valence-electron chi connectivity index (χ3n) is 19.4. The van der Waals surface area contributed by atoms with Crippen LogP contribution < -0.4 is 45.9 Å². The van der Waals surface area contributed by atoms with Crippen LogP contribution in [0.2, 0.25) is 0 Å². The number of nitrogens with one attached hydrogen (secondary N) is 2. The second-order valence-corrected chi connectivity index (χ2v) is 26.9. The van der Waals surface area contributed by atoms with Crippen LogP contribution in [0.25, 0.3) is 27.7 Å². The van der Waals surface area contributed by atoms with E-state index in [2.05, 4.69) is 99.6 Å². The number of allylic oxidation sites excluding steroid dienone is 2. The van der Waals surface area contributed by atoms with Crippen LogP contribution in [0, 0.1) is 20.8 Å². The summed E-state index contributed by atoms with van der Waals surface area (Å²) in [4.78, 5) is 83.3. The number of morpholine rings is 1. The number of benzene rings is 3. The molecule has 0 saturated carbocycles. The number of piperidine rings is 1. The van der Waals surface area contributed by atoms with Crippen LogP contribution >= 0.6 is 0 Å². The topological polar surface area (TPSA) is 304 Å². The Labute approximate surface area is 594 Å². The number of aromatic nitrogens is 11. The monoisotopic (exact) mass is 1400 g/mol. The molecule has 0 radical (unpaired) electrons. The van der Waals surface area contributed by atoms with Crippen molar-refractivity contribution in [1.29, 1.82) is 0 Å². The van der Waals surface area contributed by atoms with Gasteiger partial charge in [-0.15, -0.1) is 4.68 Å². The largest absolute Gasteiger partial charge is 0.494 e. The Kier molecular flexibility index (Phi) is 23.1. The zero-order valence-electron chi connectivity index (χ0n) is 60.9. The van der Waals surface area contributed by atoms with Gasteiger partial charge in [0.2, 0.25) is 29.6 Å². The number of imidazole rings is 2. The lowest BCUT2D eigenvalue weighted by Crippen LogP contribution is -2.55. The van der Waals surface area contributed by atoms with Crippen molar-refractivity contribution < 1.29 is 47.6 Å². The van der Waals surface area contributed by atoms with Crippen molar-refractivity contribution in [3.63, 3.8) is 0 Å². The molecule has 9 aromatic rings. The maximum atomic E-state index is 14.1. The van der Waals surface area contributed by atoms with E-state index in [0.717, 1.165) is 99.5 Å². The van der Waals surface area contributed by atoms with Crippen molar-refractivity contribution in [2.75, 3.05) is 108 Å². The van der Waals surface area contributed by atoms with Crippen LogP contribution in [0.3, 0.4) is 0 Å². The summed E-state index contributed by atoms with van der Waals surface area (Å²) < 4.78 is 34.8. The number of methoxy groups -OCH3 is 1. The highest BCUT2D eigenvalue weighted by molar-refractivity contribution is 6.06. The predicted molar refractivity (Wildman–Crippen MR) is 390 cm³/mol. The zero-order valence-corrected chi connectivity index (χ0v) is 60.9. The van der Waals surface area contributed by atoms with E-state index in [-0.39, 0.29) is 59.9 Å². The molecule has 3 fully saturated rings. The van der Waals surface area contributed by atoms with Gasteiger partial charge in [0.15, 0.2) is 5.82 Å². The lowest BCUT2D eigenvalue weighted by atomic mass is 9.89. The van der Waals surface area contributed by atoms with Crippen LogP contribution in [0.15, 0.2) is 84.9 Å². The van der Waals surface area contributed by atoms with Crippen LogP contribution in [-0.4, -0.2) is 191 Å². The number of piperazine rings is 1. The first-order valence-corrected chi connectivity index (χ1v) is 35.5. The first-order valence-electron chi connectivity index (χ1n) is 35.5. The Balaban J connectivity index is 0.000000238. The number of anilines is 3. The third-order valence-corrected chi connectivity index (χ3v) is 19.4. The Hall–Kier alpha value is -10.2. The molecule has 28 nitrogen and oxygen atoms in total. The molecule has 0 unspecified atom stereocenters. The minimum atomic E-state index is -0.657. The van der Waals surface area contributed by atoms with E-state index in [4.69, 9.17) is 45.5 Å². The van der Waals surface area contributed by atoms with E-state index in [9.17, 15) is 24.0 Å². The fraction of sp³-hybridized carbons (Fsp3) is 0.473. The van der Waals surface area contributed by atoms with Crippen LogP contribution in [0.1, 0.15) is 156 Å². The van der Waals surface area contributed by atoms with Crippen LogP contribution in [0.4, 0.5) is 17.7 Å². The number of fused-ring (bicyclic) bond motifs is 3. The number of primary amides is 2. The Morgan fingerprint density at radius 1 is 0.716 bits per heavy atom. The van der Waals surface area contributed by atoms with Gasteiger partial charge in [-0.05, 0) is 150 Å². The molecule has 12 rings (SSSR count). The average Bonchev–Trinajstić information content (AvgIpc) is 1.66. The minimum Gasteiger partial charge on any atom is -0.494 e. The van der Waals surface area contributed by atoms with Gasteiger partial charge in [-0.25, -0.2) is 9.97 Å². The molecule has 28 heteroatoms. The molecule has 5 amide bonds. The first kappa shape index (κ1) is 73.0. The molecular formula is C74H98N19O9+. The average molecular weight is 1400 g/mol. The number of nitrogens with zero attached hydrogens (tertiary/aromatic N) is 15. The van der Waals surface area contributed by atoms with Gasteiger partial charge in [0.1, 0.15) is 52.3 Å². The molecule has 0 spiro atoms. The van der Waals surface area contributed by atoms with Gasteiger partial charge in [0.05, 0.1) is 49.7 Å². The maximum absolute atomic E-state index is 14.1. The van der Waals surface area contributed by atoms with Gasteiger partial charge in [-0.3, -0.25) is 49.1 Å². The number of carbonyl (C=O) groups excluding carboxylic acids is 5. The molecule has 3 aromatic carbocycles. The molecule has 9 heterocycles. The number of nitrogens with two attached hydrogens (primary N) is 2. The van der Waals surface area contributed by atoms with E-state index in [1.807, 2.05) is 85.5 Å². The smallest absolute Gasteiger partial charge is 0.329 e. The van der Waals surface area contributed by atoms with E-state index in [0.29, 0.717) is 109 Å². The number of ether oxygens (including phenoxy) is 4. The molecule has 0 aliphatic carbocycles. The fourth-order valence-corrected chi connectivity index (χ4v) is 14.0. The summed E-state index contributed by atoms with van der Waals surface area (Å²) in [6, 6.07) is 22.9. The predicted octanol–water partition coefficient (Wildman–Crippen LogP) is 8.06. The maximum Gasteiger partial charge on any atom is 0.329 e. The third kappa shape index (κ3) is 16.1. The minimum absolute atomic E-state index is 0.0759. The molecule has 3 aliphatic rings. The van der Waals surface area contributed by atoms with Crippen molar-refractivity contribution in [3.05, 3.63) is 136 Å². The lowest BCUT2D eigenvalue weighted by molar-refractivity contribution is -0.746. The standard InChI is InChI=1S/C46H58N12O7.C28H40N7O2/c1-8-55-34(21-28(5)38(55)27(3)4)43(61)51-45-49-32-23-30(41(47)59)25-36(63-7)39(32)56(45)14-10-11-15-57-40-33(50-46(57)52-44(62)35-22-29(6)53-58(35)9-2)24-31(42(48)60)26-37(40)65-18-12-13-54-16-19-64-20-17-54;1-20(2)34-27-11-10-26(30-35(27)22(4)29-34)33-14-12-24(13-15-33)23-6-8-25(9-7-23)37-19-18-32-17-16-31(5)28(36)21(32)3/h10-11,21-27H,8-9,12-20H2,1-7H3,(H2,47,59)(H2,48,60)(H,49,51,61)(H,50,52,62);6-11,20-21,24H,12-19H2,1-5H3/q;+1/b11-10+;/t;21-/m.1/s1. The number of aryl methyl sites for hydroxylation is 4. The van der Waals surface area contributed by atoms with Gasteiger partial charge < -0.3 is 53.9 Å². The number of hydrogen-bond acceptors (Lipinski definition) is 17. The summed E-state index contributed by atoms with van der Waals surface area (Å²) in [5.41, 5.74) is 19.7. The molecule has 1 atom stereocenters. The van der Waals surface area contributed by atoms with Crippen LogP contribution in [0.5, 0.6) is 17.2 Å². The Bertz CT molecular complexity index is 4550. The Morgan fingerprint density at radius 3 is 1.94 bits per heavy atom. The first-order chi connectivity index (χ1) is 49.0. The Morgan fingerprint density at radius 2 is 1.34 bits per heavy atom. The normalized spacial score (nSPS) is 15.7. The SMILES string of the molecule is CCn1nc(C)cc1C(=O)Nc1nc2cc(C(N)=O)cc(OCCCN3CCOCC3)c2n1C/C=C/Cn1c(NC(=O)c2cc(C)c(C(C)C)n2CC)nc2cc(C(N)=O)cc(OC)c21.Cc1n[n+](C(C)C)c2ccc(N3CCC(c4ccc(OCCN5CCN(C)C(=O)[C@H]5C)cc4)CC3)nn12. The van der Waals surface area contributed by atoms with E-state index >= 15 is 0 Å². The summed E-state index contributed by atoms with van der Waals surface area (Å²) >= 11 is 0. The molecular weight excluding hydrogens is 1300 g/mol. The highest BCUT2D eigenvalue weighted by atomic mass is 16.5. The highest BCUT2D eigenvalue weighted by Crippen LogP contribution is 2.35. The summed E-state index contributed by atoms with van der Waals surface area (Å²) in [6.07, 6.45) is 6.67. The van der Waals surface area contributed by atoms with Gasteiger partial charge in [0.25, 0.3) is 17.6 Å². The van der Waals surface area contributed by atoms with Gasteiger partial charge in [-0.1, -0.05) is 47.7 Å². The quantitative estimate of drug-likeness (QED) is 0.0226. The van der Waals surface area contributed by atoms with E-state index < -0.39 is 17.7 Å². The second kappa shape index (κ2) is 32.2. The van der Waals surface area contributed by atoms with E-state index in [1.165, 1.54) is 12.7 Å². The zero-order chi connectivity index (χ0) is 72.6. The number of rotatable bonds is 26. The van der Waals surface area contributed by atoms with Gasteiger partial charge in [-0.2, -0.15) is 5.10 Å². The summed E-state index contributed by atoms with van der Waals surface area (Å²) in [7, 11) is 3.35. The highest BCUT2D eigenvalue weighted by Gasteiger charge is 2.31. The van der Waals surface area contributed by atoms with E-state index in [1.54, 1.807) is 44.1 Å². The summed E-state index contributed by atoms with van der Waals surface area (Å²) in [6.45, 7) is 30.8. The summed E-state index contributed by atoms with van der Waals surface area (Å²) in [5.74, 6) is 2.80. The number of carbonyl (C=O) groups is 5. The molecule has 102 heavy (non-hydrogen) atoms. The molecule has 542 valence electrons. The lowest BCUT2D eigenvalue weighted by Gasteiger charge is -2.37. The number of likely N-dealkylation sites (N-methyl/N-ethyl adjacent to an activating group) is 1. The van der Waals surface area contributed by atoms with Crippen molar-refractivity contribution in [2.24, 2.45) is 11.5 Å². The van der Waals surface area contributed by atoms with Crippen LogP contribution in [-0.2, 0) is 35.7 Å². The van der Waals surface area contributed by atoms with Crippen molar-refractivity contribution in [3.8, 4) is 17.2 Å². The van der Waals surface area contributed by atoms with Crippen molar-refractivity contribution >= 4 is 75.0 Å². The molecule has 6 aromatic heterocycles. The number of hydrogen-bond donors (Lipinski definition) is 4. The second-order valence-electron chi connectivity index (χ2n) is 26.9. The molecule has 6 N–H and O–H groups in total. The fourth-order valence-electron chi connectivity index (χ4n) is 14.0. The van der Waals surface area contributed by atoms with Crippen molar-refractivity contribution in [1.82, 2.24) is 62.9 Å². The molecule has 3 aliphatic heterocycles.